The van der Waals surface area contributed by atoms with E-state index in [1.54, 1.807) is 6.20 Å². The lowest BCUT2D eigenvalue weighted by molar-refractivity contribution is 0.260. The highest BCUT2D eigenvalue weighted by Crippen LogP contribution is 2.19. The van der Waals surface area contributed by atoms with Gasteiger partial charge in [-0.1, -0.05) is 9.64 Å². The molecule has 0 amide bonds. The summed E-state index contributed by atoms with van der Waals surface area (Å²) in [5, 5.41) is 12.7. The first kappa shape index (κ1) is 17.3. The standard InChI is InChI=1S/C17H23N7OS/c1-13-17(26-21-19-13)12-23-6-3-7-24-15(10-23)8-14(20-24)9-22(2)11-16-4-5-18-25-16/h4-5,8H,3,6-7,9-12H2,1-2H3. The Kier molecular flexibility index (Phi) is 5.09. The van der Waals surface area contributed by atoms with Gasteiger partial charge in [0.15, 0.2) is 5.76 Å². The van der Waals surface area contributed by atoms with Gasteiger partial charge in [-0.3, -0.25) is 14.5 Å². The van der Waals surface area contributed by atoms with Crippen molar-refractivity contribution in [3.63, 3.8) is 0 Å². The van der Waals surface area contributed by atoms with E-state index in [9.17, 15) is 0 Å². The summed E-state index contributed by atoms with van der Waals surface area (Å²) in [6.07, 6.45) is 2.78. The molecule has 0 N–H and O–H groups in total. The van der Waals surface area contributed by atoms with Gasteiger partial charge < -0.3 is 4.52 Å². The first-order valence-corrected chi connectivity index (χ1v) is 9.58. The van der Waals surface area contributed by atoms with E-state index in [0.717, 1.165) is 62.8 Å². The molecule has 3 aromatic heterocycles. The lowest BCUT2D eigenvalue weighted by Gasteiger charge is -2.18. The lowest BCUT2D eigenvalue weighted by atomic mass is 10.3. The second-order valence-corrected chi connectivity index (χ2v) is 7.69. The van der Waals surface area contributed by atoms with E-state index in [1.165, 1.54) is 22.1 Å². The number of hydrogen-bond donors (Lipinski definition) is 0. The van der Waals surface area contributed by atoms with E-state index in [-0.39, 0.29) is 0 Å². The maximum absolute atomic E-state index is 5.18. The molecule has 0 spiro atoms. The van der Waals surface area contributed by atoms with Crippen molar-refractivity contribution in [1.82, 2.24) is 34.3 Å². The summed E-state index contributed by atoms with van der Waals surface area (Å²) in [4.78, 5) is 5.90. The van der Waals surface area contributed by atoms with E-state index in [4.69, 9.17) is 9.62 Å². The van der Waals surface area contributed by atoms with E-state index < -0.39 is 0 Å². The van der Waals surface area contributed by atoms with E-state index in [2.05, 4.69) is 42.3 Å². The number of hydrogen-bond acceptors (Lipinski definition) is 8. The molecule has 26 heavy (non-hydrogen) atoms. The average molecular weight is 373 g/mol. The maximum atomic E-state index is 5.18. The van der Waals surface area contributed by atoms with Crippen LogP contribution in [0.4, 0.5) is 0 Å². The van der Waals surface area contributed by atoms with Crippen LogP contribution < -0.4 is 0 Å². The van der Waals surface area contributed by atoms with Gasteiger partial charge in [-0.25, -0.2) is 0 Å². The first-order valence-electron chi connectivity index (χ1n) is 8.81. The maximum Gasteiger partial charge on any atom is 0.150 e. The molecule has 0 bridgehead atoms. The van der Waals surface area contributed by atoms with Crippen LogP contribution >= 0.6 is 11.5 Å². The molecule has 0 aromatic carbocycles. The molecule has 4 heterocycles. The smallest absolute Gasteiger partial charge is 0.150 e. The summed E-state index contributed by atoms with van der Waals surface area (Å²) >= 11 is 1.50. The third-order valence-corrected chi connectivity index (χ3v) is 5.41. The number of rotatable bonds is 6. The molecule has 0 saturated heterocycles. The van der Waals surface area contributed by atoms with Crippen molar-refractivity contribution in [2.75, 3.05) is 13.6 Å². The van der Waals surface area contributed by atoms with Gasteiger partial charge in [0.25, 0.3) is 0 Å². The van der Waals surface area contributed by atoms with Gasteiger partial charge in [-0.15, -0.1) is 5.10 Å². The highest BCUT2D eigenvalue weighted by atomic mass is 32.1. The first-order chi connectivity index (χ1) is 12.7. The van der Waals surface area contributed by atoms with Crippen LogP contribution in [0.5, 0.6) is 0 Å². The molecule has 1 aliphatic rings. The molecule has 0 radical (unpaired) electrons. The second-order valence-electron chi connectivity index (χ2n) is 6.85. The van der Waals surface area contributed by atoms with E-state index >= 15 is 0 Å². The number of nitrogens with zero attached hydrogens (tertiary/aromatic N) is 7. The van der Waals surface area contributed by atoms with Crippen LogP contribution in [-0.4, -0.2) is 47.9 Å². The molecular weight excluding hydrogens is 350 g/mol. The highest BCUT2D eigenvalue weighted by Gasteiger charge is 2.19. The van der Waals surface area contributed by atoms with E-state index in [1.807, 2.05) is 13.0 Å². The Morgan fingerprint density at radius 2 is 2.23 bits per heavy atom. The minimum atomic E-state index is 0.728. The van der Waals surface area contributed by atoms with Crippen molar-refractivity contribution in [3.8, 4) is 0 Å². The predicted octanol–water partition coefficient (Wildman–Crippen LogP) is 2.07. The Balaban J connectivity index is 1.41. The molecule has 4 rings (SSSR count). The monoisotopic (exact) mass is 373 g/mol. The van der Waals surface area contributed by atoms with Crippen LogP contribution in [0.2, 0.25) is 0 Å². The van der Waals surface area contributed by atoms with Crippen molar-refractivity contribution < 1.29 is 4.52 Å². The molecule has 9 heteroatoms. The van der Waals surface area contributed by atoms with Crippen LogP contribution in [-0.2, 0) is 32.7 Å². The van der Waals surface area contributed by atoms with Crippen LogP contribution in [0.1, 0.15) is 34.1 Å². The topological polar surface area (TPSA) is 76.1 Å². The van der Waals surface area contributed by atoms with Gasteiger partial charge in [0, 0.05) is 38.8 Å². The normalized spacial score (nSPS) is 15.3. The van der Waals surface area contributed by atoms with Gasteiger partial charge in [0.05, 0.1) is 34.7 Å². The minimum absolute atomic E-state index is 0.728. The van der Waals surface area contributed by atoms with Gasteiger partial charge in [0.2, 0.25) is 0 Å². The average Bonchev–Trinajstić information content (AvgIpc) is 3.30. The van der Waals surface area contributed by atoms with Crippen LogP contribution in [0.15, 0.2) is 22.9 Å². The zero-order valence-electron chi connectivity index (χ0n) is 15.1. The summed E-state index contributed by atoms with van der Waals surface area (Å²) in [7, 11) is 2.07. The van der Waals surface area contributed by atoms with Gasteiger partial charge >= 0.3 is 0 Å². The van der Waals surface area contributed by atoms with Gasteiger partial charge in [-0.05, 0) is 38.0 Å². The van der Waals surface area contributed by atoms with Crippen LogP contribution in [0.3, 0.4) is 0 Å². The molecular formula is C17H23N7OS. The fraction of sp³-hybridized carbons (Fsp3) is 0.529. The summed E-state index contributed by atoms with van der Waals surface area (Å²) < 4.78 is 11.4. The van der Waals surface area contributed by atoms with Crippen molar-refractivity contribution >= 4 is 11.5 Å². The third-order valence-electron chi connectivity index (χ3n) is 4.61. The Bertz CT molecular complexity index is 841. The molecule has 1 aliphatic heterocycles. The van der Waals surface area contributed by atoms with Crippen LogP contribution in [0, 0.1) is 6.92 Å². The second kappa shape index (κ2) is 7.65. The number of aryl methyl sites for hydroxylation is 2. The largest absolute Gasteiger partial charge is 0.360 e. The Labute approximate surface area is 156 Å². The third kappa shape index (κ3) is 4.00. The van der Waals surface area contributed by atoms with Gasteiger partial charge in [-0.2, -0.15) is 5.10 Å². The van der Waals surface area contributed by atoms with Crippen molar-refractivity contribution in [2.45, 2.75) is 46.1 Å². The summed E-state index contributed by atoms with van der Waals surface area (Å²) in [6.45, 7) is 7.42. The lowest BCUT2D eigenvalue weighted by Crippen LogP contribution is -2.22. The highest BCUT2D eigenvalue weighted by molar-refractivity contribution is 7.05. The zero-order valence-corrected chi connectivity index (χ0v) is 15.9. The van der Waals surface area contributed by atoms with Gasteiger partial charge in [0.1, 0.15) is 0 Å². The zero-order chi connectivity index (χ0) is 17.9. The van der Waals surface area contributed by atoms with Crippen molar-refractivity contribution in [1.29, 1.82) is 0 Å². The molecule has 138 valence electrons. The Morgan fingerprint density at radius 3 is 3.00 bits per heavy atom. The fourth-order valence-electron chi connectivity index (χ4n) is 3.32. The molecule has 8 nitrogen and oxygen atoms in total. The molecule has 0 atom stereocenters. The molecule has 0 saturated carbocycles. The molecule has 0 aliphatic carbocycles. The minimum Gasteiger partial charge on any atom is -0.360 e. The number of aromatic nitrogens is 5. The van der Waals surface area contributed by atoms with Crippen molar-refractivity contribution in [3.05, 3.63) is 46.0 Å². The molecule has 0 unspecified atom stereocenters. The Hall–Kier alpha value is -2.10. The van der Waals surface area contributed by atoms with E-state index in [0.29, 0.717) is 0 Å². The molecule has 0 fully saturated rings. The number of fused-ring (bicyclic) bond motifs is 1. The van der Waals surface area contributed by atoms with Crippen molar-refractivity contribution in [2.24, 2.45) is 0 Å². The quantitative estimate of drug-likeness (QED) is 0.655. The predicted molar refractivity (Wildman–Crippen MR) is 97.3 cm³/mol. The fourth-order valence-corrected chi connectivity index (χ4v) is 4.00. The van der Waals surface area contributed by atoms with Crippen LogP contribution in [0.25, 0.3) is 0 Å². The SMILES string of the molecule is Cc1nnsc1CN1CCCn2nc(CN(C)Cc3ccno3)cc2C1. The summed E-state index contributed by atoms with van der Waals surface area (Å²) in [5.41, 5.74) is 3.42. The Morgan fingerprint density at radius 1 is 1.31 bits per heavy atom. The molecule has 3 aromatic rings. The summed E-state index contributed by atoms with van der Waals surface area (Å²) in [5.74, 6) is 0.869. The summed E-state index contributed by atoms with van der Waals surface area (Å²) in [6, 6.07) is 4.13.